The number of amides is 1. The quantitative estimate of drug-likeness (QED) is 0.299. The number of aryl methyl sites for hydroxylation is 1. The number of hydrogen-bond acceptors (Lipinski definition) is 7. The second-order valence-electron chi connectivity index (χ2n) is 8.78. The molecular formula is C27H24Cl2N6O3. The first-order valence-corrected chi connectivity index (χ1v) is 12.5. The van der Waals surface area contributed by atoms with Crippen molar-refractivity contribution in [3.05, 3.63) is 98.7 Å². The zero-order valence-corrected chi connectivity index (χ0v) is 22.3. The number of carbonyl (C=O) groups excluding carboxylic acids is 1. The van der Waals surface area contributed by atoms with Crippen LogP contribution in [0.25, 0.3) is 0 Å². The summed E-state index contributed by atoms with van der Waals surface area (Å²) in [5.74, 6) is 1.17. The van der Waals surface area contributed by atoms with E-state index in [0.29, 0.717) is 44.5 Å². The number of halogens is 2. The van der Waals surface area contributed by atoms with Crippen LogP contribution in [0, 0.1) is 6.92 Å². The second-order valence-corrected chi connectivity index (χ2v) is 9.60. The lowest BCUT2D eigenvalue weighted by Crippen LogP contribution is -2.31. The number of allylic oxidation sites excluding steroid dienone is 1. The second kappa shape index (κ2) is 10.7. The molecule has 194 valence electrons. The minimum absolute atomic E-state index is 0.264. The van der Waals surface area contributed by atoms with Crippen molar-refractivity contribution in [1.82, 2.24) is 20.2 Å². The molecule has 1 aromatic heterocycles. The van der Waals surface area contributed by atoms with Crippen LogP contribution in [-0.4, -0.2) is 33.2 Å². The van der Waals surface area contributed by atoms with Crippen molar-refractivity contribution in [3.8, 4) is 11.5 Å². The first-order chi connectivity index (χ1) is 18.3. The van der Waals surface area contributed by atoms with Crippen molar-refractivity contribution < 1.29 is 14.3 Å². The van der Waals surface area contributed by atoms with Gasteiger partial charge >= 0.3 is 0 Å². The Morgan fingerprint density at radius 1 is 1.03 bits per heavy atom. The monoisotopic (exact) mass is 550 g/mol. The van der Waals surface area contributed by atoms with Gasteiger partial charge in [-0.05, 0) is 71.8 Å². The fourth-order valence-electron chi connectivity index (χ4n) is 4.21. The normalized spacial score (nSPS) is 14.5. The van der Waals surface area contributed by atoms with Crippen molar-refractivity contribution in [2.75, 3.05) is 17.7 Å². The summed E-state index contributed by atoms with van der Waals surface area (Å²) < 4.78 is 13.2. The number of nitrogens with zero attached hydrogens (tertiary/aromatic N) is 4. The highest BCUT2D eigenvalue weighted by atomic mass is 35.5. The molecule has 1 aliphatic heterocycles. The molecule has 1 aliphatic rings. The van der Waals surface area contributed by atoms with E-state index in [9.17, 15) is 4.79 Å². The van der Waals surface area contributed by atoms with Gasteiger partial charge < -0.3 is 20.1 Å². The molecule has 3 aromatic carbocycles. The van der Waals surface area contributed by atoms with Crippen LogP contribution in [0.3, 0.4) is 0 Å². The van der Waals surface area contributed by atoms with Gasteiger partial charge in [-0.15, -0.1) is 0 Å². The molecule has 0 spiro atoms. The summed E-state index contributed by atoms with van der Waals surface area (Å²) in [6.45, 7) is 4.07. The topological polar surface area (TPSA) is 103 Å². The van der Waals surface area contributed by atoms with Crippen molar-refractivity contribution in [2.45, 2.75) is 26.5 Å². The van der Waals surface area contributed by atoms with E-state index in [1.54, 1.807) is 30.0 Å². The summed E-state index contributed by atoms with van der Waals surface area (Å²) in [7, 11) is 1.56. The van der Waals surface area contributed by atoms with E-state index in [0.717, 1.165) is 16.7 Å². The average Bonchev–Trinajstić information content (AvgIpc) is 3.37. The molecule has 9 nitrogen and oxygen atoms in total. The maximum absolute atomic E-state index is 13.5. The Labute approximate surface area is 229 Å². The summed E-state index contributed by atoms with van der Waals surface area (Å²) >= 11 is 12.1. The molecule has 0 saturated heterocycles. The maximum atomic E-state index is 13.5. The Morgan fingerprint density at radius 3 is 2.55 bits per heavy atom. The Kier molecular flexibility index (Phi) is 7.22. The Bertz CT molecular complexity index is 1530. The van der Waals surface area contributed by atoms with Crippen LogP contribution in [0.2, 0.25) is 10.0 Å². The first-order valence-electron chi connectivity index (χ1n) is 11.7. The number of benzene rings is 3. The molecule has 1 atom stereocenters. The largest absolute Gasteiger partial charge is 0.493 e. The van der Waals surface area contributed by atoms with Gasteiger partial charge in [-0.1, -0.05) is 58.1 Å². The van der Waals surface area contributed by atoms with Crippen LogP contribution in [0.5, 0.6) is 11.5 Å². The van der Waals surface area contributed by atoms with Gasteiger partial charge in [0.05, 0.1) is 22.7 Å². The molecule has 1 unspecified atom stereocenters. The number of carbonyl (C=O) groups is 1. The van der Waals surface area contributed by atoms with Crippen LogP contribution in [0.4, 0.5) is 11.6 Å². The highest BCUT2D eigenvalue weighted by molar-refractivity contribution is 6.42. The molecule has 0 fully saturated rings. The number of hydrogen-bond donors (Lipinski definition) is 2. The van der Waals surface area contributed by atoms with Crippen LogP contribution in [0.15, 0.2) is 71.9 Å². The molecule has 1 amide bonds. The smallest absolute Gasteiger partial charge is 0.255 e. The van der Waals surface area contributed by atoms with Crippen molar-refractivity contribution in [3.63, 3.8) is 0 Å². The van der Waals surface area contributed by atoms with Gasteiger partial charge in [-0.2, -0.15) is 4.68 Å². The van der Waals surface area contributed by atoms with Gasteiger partial charge in [0.1, 0.15) is 12.6 Å². The Morgan fingerprint density at radius 2 is 1.82 bits per heavy atom. The molecule has 4 aromatic rings. The van der Waals surface area contributed by atoms with Crippen LogP contribution in [0.1, 0.15) is 29.7 Å². The number of tetrazole rings is 1. The van der Waals surface area contributed by atoms with Gasteiger partial charge in [0.25, 0.3) is 5.91 Å². The Hall–Kier alpha value is -4.08. The number of rotatable bonds is 7. The zero-order chi connectivity index (χ0) is 26.8. The van der Waals surface area contributed by atoms with Gasteiger partial charge in [0.2, 0.25) is 5.95 Å². The number of methoxy groups -OCH3 is 1. The lowest BCUT2D eigenvalue weighted by Gasteiger charge is -2.28. The molecule has 38 heavy (non-hydrogen) atoms. The summed E-state index contributed by atoms with van der Waals surface area (Å²) in [4.78, 5) is 13.5. The van der Waals surface area contributed by atoms with E-state index in [1.807, 2.05) is 56.3 Å². The molecule has 0 radical (unpaired) electrons. The van der Waals surface area contributed by atoms with Gasteiger partial charge in [-0.3, -0.25) is 4.79 Å². The standard InChI is InChI=1S/C27H24Cl2N6O3/c1-15-4-8-19(9-5-15)31-26(36)24-16(2)30-27-32-33-34-35(27)25(24)18-7-11-22(23(13-18)37-3)38-14-17-6-10-20(28)21(29)12-17/h4-13,25H,14H2,1-3H3,(H,31,36)(H,30,32,34). The molecule has 11 heteroatoms. The van der Waals surface area contributed by atoms with E-state index in [-0.39, 0.29) is 12.5 Å². The lowest BCUT2D eigenvalue weighted by molar-refractivity contribution is -0.113. The van der Waals surface area contributed by atoms with Gasteiger partial charge in [0.15, 0.2) is 11.5 Å². The summed E-state index contributed by atoms with van der Waals surface area (Å²) in [5, 5.41) is 19.1. The van der Waals surface area contributed by atoms with Gasteiger partial charge in [0, 0.05) is 11.4 Å². The SMILES string of the molecule is COc1cc(C2C(C(=O)Nc3ccc(C)cc3)=C(C)Nc3nnnn32)ccc1OCc1ccc(Cl)c(Cl)c1. The molecule has 0 aliphatic carbocycles. The summed E-state index contributed by atoms with van der Waals surface area (Å²) in [6.07, 6.45) is 0. The third-order valence-corrected chi connectivity index (χ3v) is 6.89. The van der Waals surface area contributed by atoms with Crippen LogP contribution < -0.4 is 20.1 Å². The number of ether oxygens (including phenoxy) is 2. The van der Waals surface area contributed by atoms with E-state index < -0.39 is 6.04 Å². The van der Waals surface area contributed by atoms with Crippen LogP contribution >= 0.6 is 23.2 Å². The van der Waals surface area contributed by atoms with Crippen molar-refractivity contribution >= 4 is 40.7 Å². The lowest BCUT2D eigenvalue weighted by atomic mass is 9.94. The molecule has 5 rings (SSSR count). The van der Waals surface area contributed by atoms with E-state index >= 15 is 0 Å². The molecule has 0 saturated carbocycles. The fraction of sp³-hybridized carbons (Fsp3) is 0.185. The Balaban J connectivity index is 1.46. The zero-order valence-electron chi connectivity index (χ0n) is 20.8. The highest BCUT2D eigenvalue weighted by Gasteiger charge is 2.34. The summed E-state index contributed by atoms with van der Waals surface area (Å²) in [6, 6.07) is 17.8. The first kappa shape index (κ1) is 25.6. The number of nitrogens with one attached hydrogen (secondary N) is 2. The molecule has 0 bridgehead atoms. The third-order valence-electron chi connectivity index (χ3n) is 6.15. The highest BCUT2D eigenvalue weighted by Crippen LogP contribution is 2.39. The average molecular weight is 551 g/mol. The predicted octanol–water partition coefficient (Wildman–Crippen LogP) is 5.80. The third kappa shape index (κ3) is 5.16. The van der Waals surface area contributed by atoms with E-state index in [4.69, 9.17) is 32.7 Å². The van der Waals surface area contributed by atoms with Crippen LogP contribution in [-0.2, 0) is 11.4 Å². The molecular weight excluding hydrogens is 527 g/mol. The number of fused-ring (bicyclic) bond motifs is 1. The number of anilines is 2. The van der Waals surface area contributed by atoms with E-state index in [1.165, 1.54) is 0 Å². The fourth-order valence-corrected chi connectivity index (χ4v) is 4.53. The van der Waals surface area contributed by atoms with E-state index in [2.05, 4.69) is 26.2 Å². The predicted molar refractivity (Wildman–Crippen MR) is 146 cm³/mol. The van der Waals surface area contributed by atoms with Gasteiger partial charge in [-0.25, -0.2) is 0 Å². The minimum atomic E-state index is -0.607. The summed E-state index contributed by atoms with van der Waals surface area (Å²) in [5.41, 5.74) is 4.49. The molecule has 2 N–H and O–H groups in total. The van der Waals surface area contributed by atoms with Crippen molar-refractivity contribution in [1.29, 1.82) is 0 Å². The molecule has 2 heterocycles. The number of aromatic nitrogens is 4. The van der Waals surface area contributed by atoms with Crippen molar-refractivity contribution in [2.24, 2.45) is 0 Å². The minimum Gasteiger partial charge on any atom is -0.493 e. The maximum Gasteiger partial charge on any atom is 0.255 e.